The van der Waals surface area contributed by atoms with E-state index in [1.165, 1.54) is 6.92 Å². The van der Waals surface area contributed by atoms with Gasteiger partial charge in [-0.2, -0.15) is 4.39 Å². The molecule has 0 saturated carbocycles. The van der Waals surface area contributed by atoms with Gasteiger partial charge in [-0.05, 0) is 24.3 Å². The van der Waals surface area contributed by atoms with Gasteiger partial charge in [0.1, 0.15) is 0 Å². The maximum atomic E-state index is 13.6. The SMILES string of the molecule is CC1(F)Oc2ccc(Nc3noc4cccnc34)cc2O1. The molecular weight excluding hydrogens is 277 g/mol. The zero-order valence-electron chi connectivity index (χ0n) is 11.0. The number of fused-ring (bicyclic) bond motifs is 2. The molecule has 3 heterocycles. The number of halogens is 1. The lowest BCUT2D eigenvalue weighted by atomic mass is 10.2. The molecule has 0 aliphatic carbocycles. The van der Waals surface area contributed by atoms with Crippen LogP contribution in [0.15, 0.2) is 41.1 Å². The van der Waals surface area contributed by atoms with Gasteiger partial charge >= 0.3 is 6.04 Å². The molecule has 0 saturated heterocycles. The number of aromatic nitrogens is 2. The van der Waals surface area contributed by atoms with Crippen LogP contribution in [0.4, 0.5) is 15.9 Å². The van der Waals surface area contributed by atoms with Gasteiger partial charge in [-0.1, -0.05) is 5.16 Å². The molecule has 6 nitrogen and oxygen atoms in total. The van der Waals surface area contributed by atoms with Crippen LogP contribution in [-0.4, -0.2) is 16.2 Å². The van der Waals surface area contributed by atoms with Crippen LogP contribution in [0.5, 0.6) is 11.5 Å². The summed E-state index contributed by atoms with van der Waals surface area (Å²) in [4.78, 5) is 4.20. The largest absolute Gasteiger partial charge is 0.423 e. The molecule has 1 unspecified atom stereocenters. The Labute approximate surface area is 118 Å². The quantitative estimate of drug-likeness (QED) is 0.779. The Morgan fingerprint density at radius 1 is 1.19 bits per heavy atom. The Balaban J connectivity index is 1.67. The summed E-state index contributed by atoms with van der Waals surface area (Å²) in [7, 11) is 0. The number of alkyl halides is 1. The van der Waals surface area contributed by atoms with Crippen molar-refractivity contribution in [2.75, 3.05) is 5.32 Å². The molecule has 0 fully saturated rings. The molecule has 0 radical (unpaired) electrons. The van der Waals surface area contributed by atoms with Crippen molar-refractivity contribution in [2.45, 2.75) is 13.0 Å². The number of anilines is 2. The van der Waals surface area contributed by atoms with Crippen molar-refractivity contribution in [3.05, 3.63) is 36.5 Å². The van der Waals surface area contributed by atoms with Crippen molar-refractivity contribution in [3.8, 4) is 11.5 Å². The van der Waals surface area contributed by atoms with Crippen molar-refractivity contribution in [1.29, 1.82) is 0 Å². The molecule has 1 aliphatic heterocycles. The lowest BCUT2D eigenvalue weighted by Gasteiger charge is -2.10. The summed E-state index contributed by atoms with van der Waals surface area (Å²) in [5.41, 5.74) is 1.86. The second-order valence-corrected chi connectivity index (χ2v) is 4.71. The lowest BCUT2D eigenvalue weighted by molar-refractivity contribution is -0.173. The third-order valence-corrected chi connectivity index (χ3v) is 3.02. The van der Waals surface area contributed by atoms with Crippen LogP contribution in [-0.2, 0) is 0 Å². The highest BCUT2D eigenvalue weighted by Crippen LogP contribution is 2.41. The zero-order valence-corrected chi connectivity index (χ0v) is 11.0. The van der Waals surface area contributed by atoms with Gasteiger partial charge in [0.25, 0.3) is 0 Å². The molecule has 1 N–H and O–H groups in total. The lowest BCUT2D eigenvalue weighted by Crippen LogP contribution is -2.27. The Kier molecular flexibility index (Phi) is 2.32. The van der Waals surface area contributed by atoms with Crippen molar-refractivity contribution >= 4 is 22.6 Å². The van der Waals surface area contributed by atoms with E-state index in [0.29, 0.717) is 34.1 Å². The molecule has 4 rings (SSSR count). The summed E-state index contributed by atoms with van der Waals surface area (Å²) in [5.74, 6) is 1.16. The van der Waals surface area contributed by atoms with Crippen molar-refractivity contribution in [1.82, 2.24) is 10.1 Å². The molecular formula is C14H10FN3O3. The molecule has 7 heteroatoms. The monoisotopic (exact) mass is 287 g/mol. The first-order valence-corrected chi connectivity index (χ1v) is 6.29. The summed E-state index contributed by atoms with van der Waals surface area (Å²) in [6.07, 6.45) is 1.65. The van der Waals surface area contributed by atoms with Gasteiger partial charge in [0.05, 0.1) is 0 Å². The van der Waals surface area contributed by atoms with Gasteiger partial charge in [-0.25, -0.2) is 4.98 Å². The van der Waals surface area contributed by atoms with Crippen LogP contribution in [0.25, 0.3) is 11.1 Å². The number of rotatable bonds is 2. The molecule has 3 aromatic rings. The van der Waals surface area contributed by atoms with E-state index in [0.717, 1.165) is 0 Å². The number of pyridine rings is 1. The van der Waals surface area contributed by atoms with E-state index in [-0.39, 0.29) is 0 Å². The summed E-state index contributed by atoms with van der Waals surface area (Å²) < 4.78 is 28.8. The fourth-order valence-corrected chi connectivity index (χ4v) is 2.16. The molecule has 106 valence electrons. The first-order valence-electron chi connectivity index (χ1n) is 6.29. The minimum Gasteiger partial charge on any atom is -0.423 e. The number of ether oxygens (including phenoxy) is 2. The fourth-order valence-electron chi connectivity index (χ4n) is 2.16. The van der Waals surface area contributed by atoms with Crippen LogP contribution in [0, 0.1) is 0 Å². The number of benzene rings is 1. The highest BCUT2D eigenvalue weighted by molar-refractivity contribution is 5.86. The predicted octanol–water partition coefficient (Wildman–Crippen LogP) is 3.38. The van der Waals surface area contributed by atoms with Gasteiger partial charge in [-0.15, -0.1) is 0 Å². The Bertz CT molecular complexity index is 831. The number of hydrogen-bond acceptors (Lipinski definition) is 6. The predicted molar refractivity (Wildman–Crippen MR) is 72.3 cm³/mol. The summed E-state index contributed by atoms with van der Waals surface area (Å²) in [6, 6.07) is 6.38. The smallest absolute Gasteiger partial charge is 0.404 e. The standard InChI is InChI=1S/C14H10FN3O3/c1-14(15)19-9-5-4-8(7-11(9)20-14)17-13-12-10(21-18-13)3-2-6-16-12/h2-7H,1H3,(H,17,18). The maximum absolute atomic E-state index is 13.6. The van der Waals surface area contributed by atoms with E-state index < -0.39 is 6.04 Å². The molecule has 0 spiro atoms. The van der Waals surface area contributed by atoms with Crippen LogP contribution >= 0.6 is 0 Å². The van der Waals surface area contributed by atoms with Crippen LogP contribution < -0.4 is 14.8 Å². The van der Waals surface area contributed by atoms with Gasteiger partial charge in [0.15, 0.2) is 22.6 Å². The average molecular weight is 287 g/mol. The first kappa shape index (κ1) is 12.0. The van der Waals surface area contributed by atoms with Crippen molar-refractivity contribution in [3.63, 3.8) is 0 Å². The topological polar surface area (TPSA) is 69.4 Å². The van der Waals surface area contributed by atoms with E-state index in [2.05, 4.69) is 15.5 Å². The third-order valence-electron chi connectivity index (χ3n) is 3.02. The van der Waals surface area contributed by atoms with E-state index in [9.17, 15) is 4.39 Å². The molecule has 1 atom stereocenters. The second kappa shape index (κ2) is 4.08. The fraction of sp³-hybridized carbons (Fsp3) is 0.143. The maximum Gasteiger partial charge on any atom is 0.404 e. The van der Waals surface area contributed by atoms with Gasteiger partial charge in [0, 0.05) is 24.9 Å². The molecule has 0 bridgehead atoms. The number of nitrogens with zero attached hydrogens (tertiary/aromatic N) is 2. The van der Waals surface area contributed by atoms with Crippen LogP contribution in [0.2, 0.25) is 0 Å². The Morgan fingerprint density at radius 2 is 2.05 bits per heavy atom. The molecule has 1 aromatic carbocycles. The summed E-state index contributed by atoms with van der Waals surface area (Å²) >= 11 is 0. The normalized spacial score (nSPS) is 19.9. The summed E-state index contributed by atoms with van der Waals surface area (Å²) in [5, 5.41) is 6.98. The molecule has 21 heavy (non-hydrogen) atoms. The number of nitrogens with one attached hydrogen (secondary N) is 1. The van der Waals surface area contributed by atoms with Crippen LogP contribution in [0.1, 0.15) is 6.92 Å². The molecule has 0 amide bonds. The van der Waals surface area contributed by atoms with E-state index in [1.54, 1.807) is 36.5 Å². The van der Waals surface area contributed by atoms with E-state index in [1.807, 2.05) is 0 Å². The van der Waals surface area contributed by atoms with Gasteiger partial charge < -0.3 is 19.3 Å². The second-order valence-electron chi connectivity index (χ2n) is 4.71. The average Bonchev–Trinajstić information content (AvgIpc) is 2.98. The van der Waals surface area contributed by atoms with Gasteiger partial charge in [-0.3, -0.25) is 0 Å². The van der Waals surface area contributed by atoms with E-state index in [4.69, 9.17) is 14.0 Å². The van der Waals surface area contributed by atoms with Crippen LogP contribution in [0.3, 0.4) is 0 Å². The highest BCUT2D eigenvalue weighted by Gasteiger charge is 2.36. The molecule has 2 aromatic heterocycles. The summed E-state index contributed by atoms with van der Waals surface area (Å²) in [6.45, 7) is 1.20. The first-order chi connectivity index (χ1) is 10.1. The Morgan fingerprint density at radius 3 is 2.95 bits per heavy atom. The van der Waals surface area contributed by atoms with Crippen molar-refractivity contribution in [2.24, 2.45) is 0 Å². The number of hydrogen-bond donors (Lipinski definition) is 1. The van der Waals surface area contributed by atoms with E-state index >= 15 is 0 Å². The Hall–Kier alpha value is -2.83. The van der Waals surface area contributed by atoms with Gasteiger partial charge in [0.2, 0.25) is 5.82 Å². The zero-order chi connectivity index (χ0) is 14.4. The third kappa shape index (κ3) is 2.03. The van der Waals surface area contributed by atoms with Crippen molar-refractivity contribution < 1.29 is 18.4 Å². The minimum absolute atomic E-state index is 0.325. The highest BCUT2D eigenvalue weighted by atomic mass is 19.2. The minimum atomic E-state index is -2.14. The molecule has 1 aliphatic rings.